The van der Waals surface area contributed by atoms with Gasteiger partial charge in [-0.05, 0) is 39.0 Å². The molecule has 2 aliphatic carbocycles. The molecule has 1 aromatic rings. The first kappa shape index (κ1) is 15.2. The number of allylic oxidation sites excluding steroid dienone is 2. The van der Waals surface area contributed by atoms with Crippen LogP contribution in [0.3, 0.4) is 0 Å². The average Bonchev–Trinajstić information content (AvgIpc) is 3.11. The fraction of sp³-hybridized carbons (Fsp3) is 0.562. The van der Waals surface area contributed by atoms with Gasteiger partial charge in [-0.2, -0.15) is 0 Å². The lowest BCUT2D eigenvalue weighted by Crippen LogP contribution is -2.41. The first-order valence-corrected chi connectivity index (χ1v) is 8.35. The monoisotopic (exact) mass is 320 g/mol. The summed E-state index contributed by atoms with van der Waals surface area (Å²) in [6.07, 6.45) is 4.73. The molecule has 2 bridgehead atoms. The Labute approximate surface area is 133 Å². The molecule has 0 unspecified atom stereocenters. The molecule has 2 N–H and O–H groups in total. The first-order chi connectivity index (χ1) is 10.4. The number of fused-ring (bicyclic) bond motifs is 2. The molecule has 1 fully saturated rings. The average molecular weight is 320 g/mol. The number of carbonyl (C=O) groups is 2. The third-order valence-electron chi connectivity index (χ3n) is 4.74. The van der Waals surface area contributed by atoms with Crippen molar-refractivity contribution in [3.63, 3.8) is 0 Å². The molecule has 1 aromatic heterocycles. The summed E-state index contributed by atoms with van der Waals surface area (Å²) in [6.45, 7) is 5.80. The van der Waals surface area contributed by atoms with Crippen molar-refractivity contribution in [2.45, 2.75) is 33.2 Å². The van der Waals surface area contributed by atoms with E-state index in [1.165, 1.54) is 0 Å². The largest absolute Gasteiger partial charge is 0.481 e. The molecule has 6 heteroatoms. The predicted molar refractivity (Wildman–Crippen MR) is 83.5 cm³/mol. The minimum atomic E-state index is -0.866. The van der Waals surface area contributed by atoms with Crippen molar-refractivity contribution in [3.05, 3.63) is 27.7 Å². The van der Waals surface area contributed by atoms with Crippen LogP contribution in [-0.4, -0.2) is 22.0 Å². The van der Waals surface area contributed by atoms with Crippen molar-refractivity contribution in [3.8, 4) is 0 Å². The number of aromatic nitrogens is 1. The predicted octanol–water partition coefficient (Wildman–Crippen LogP) is 2.46. The molecule has 22 heavy (non-hydrogen) atoms. The van der Waals surface area contributed by atoms with Crippen LogP contribution in [0.1, 0.15) is 35.0 Å². The van der Waals surface area contributed by atoms with Crippen molar-refractivity contribution < 1.29 is 14.7 Å². The van der Waals surface area contributed by atoms with Gasteiger partial charge in [0, 0.05) is 4.88 Å². The molecule has 5 nitrogen and oxygen atoms in total. The van der Waals surface area contributed by atoms with Crippen LogP contribution < -0.4 is 5.32 Å². The molecular weight excluding hydrogens is 300 g/mol. The van der Waals surface area contributed by atoms with Gasteiger partial charge in [-0.15, -0.1) is 11.3 Å². The second kappa shape index (κ2) is 5.50. The van der Waals surface area contributed by atoms with Gasteiger partial charge in [-0.1, -0.05) is 12.2 Å². The van der Waals surface area contributed by atoms with E-state index < -0.39 is 17.8 Å². The third kappa shape index (κ3) is 2.45. The zero-order valence-electron chi connectivity index (χ0n) is 12.9. The summed E-state index contributed by atoms with van der Waals surface area (Å²) in [6, 6.07) is -0.142. The Morgan fingerprint density at radius 3 is 2.50 bits per heavy atom. The highest BCUT2D eigenvalue weighted by molar-refractivity contribution is 7.11. The lowest BCUT2D eigenvalue weighted by atomic mass is 9.82. The second-order valence-electron chi connectivity index (χ2n) is 6.25. The highest BCUT2D eigenvalue weighted by Crippen LogP contribution is 2.48. The first-order valence-electron chi connectivity index (χ1n) is 7.54. The molecule has 1 saturated carbocycles. The van der Waals surface area contributed by atoms with Gasteiger partial charge in [0.15, 0.2) is 0 Å². The lowest BCUT2D eigenvalue weighted by Gasteiger charge is -2.25. The maximum absolute atomic E-state index is 12.6. The van der Waals surface area contributed by atoms with E-state index in [2.05, 4.69) is 10.3 Å². The van der Waals surface area contributed by atoms with E-state index in [1.807, 2.05) is 32.9 Å². The zero-order valence-corrected chi connectivity index (χ0v) is 13.7. The molecular formula is C16H20N2O3S. The molecule has 2 aliphatic rings. The van der Waals surface area contributed by atoms with Crippen molar-refractivity contribution in [1.82, 2.24) is 10.3 Å². The number of aliphatic carboxylic acids is 1. The van der Waals surface area contributed by atoms with Crippen LogP contribution in [-0.2, 0) is 9.59 Å². The summed E-state index contributed by atoms with van der Waals surface area (Å²) >= 11 is 1.57. The maximum atomic E-state index is 12.6. The summed E-state index contributed by atoms with van der Waals surface area (Å²) < 4.78 is 0. The molecule has 0 spiro atoms. The van der Waals surface area contributed by atoms with Gasteiger partial charge in [0.1, 0.15) is 0 Å². The standard InChI is InChI=1S/C16H20N2O3S/c1-7-14(22-9(3)17-7)8(2)18-15(19)12-10-4-5-11(6-10)13(12)16(20)21/h4-5,8,10-13H,6H2,1-3H3,(H,18,19)(H,20,21)/t8-,10-,11-,12-,13-/m0/s1. The number of thiazole rings is 1. The number of aryl methyl sites for hydroxylation is 2. The summed E-state index contributed by atoms with van der Waals surface area (Å²) in [4.78, 5) is 29.5. The molecule has 0 aromatic carbocycles. The number of nitrogens with zero attached hydrogens (tertiary/aromatic N) is 1. The summed E-state index contributed by atoms with van der Waals surface area (Å²) in [5, 5.41) is 13.4. The number of carboxylic acids is 1. The highest BCUT2D eigenvalue weighted by Gasteiger charge is 2.51. The number of hydrogen-bond acceptors (Lipinski definition) is 4. The molecule has 1 heterocycles. The van der Waals surface area contributed by atoms with Gasteiger partial charge < -0.3 is 10.4 Å². The Kier molecular flexibility index (Phi) is 3.80. The van der Waals surface area contributed by atoms with E-state index in [9.17, 15) is 14.7 Å². The van der Waals surface area contributed by atoms with Crippen LogP contribution >= 0.6 is 11.3 Å². The highest BCUT2D eigenvalue weighted by atomic mass is 32.1. The van der Waals surface area contributed by atoms with E-state index in [4.69, 9.17) is 0 Å². The van der Waals surface area contributed by atoms with Crippen molar-refractivity contribution in [2.24, 2.45) is 23.7 Å². The van der Waals surface area contributed by atoms with Crippen LogP contribution in [0.25, 0.3) is 0 Å². The number of nitrogens with one attached hydrogen (secondary N) is 1. The van der Waals surface area contributed by atoms with E-state index in [-0.39, 0.29) is 23.8 Å². The normalized spacial score (nSPS) is 30.5. The minimum Gasteiger partial charge on any atom is -0.481 e. The molecule has 0 aliphatic heterocycles. The number of amides is 1. The molecule has 3 rings (SSSR count). The Morgan fingerprint density at radius 2 is 1.95 bits per heavy atom. The number of hydrogen-bond donors (Lipinski definition) is 2. The Hall–Kier alpha value is -1.69. The topological polar surface area (TPSA) is 79.3 Å². The van der Waals surface area contributed by atoms with Crippen LogP contribution in [0.4, 0.5) is 0 Å². The molecule has 0 saturated heterocycles. The van der Waals surface area contributed by atoms with Crippen molar-refractivity contribution in [1.29, 1.82) is 0 Å². The Bertz CT molecular complexity index is 652. The van der Waals surface area contributed by atoms with E-state index in [0.29, 0.717) is 0 Å². The summed E-state index contributed by atoms with van der Waals surface area (Å²) in [5.74, 6) is -2.00. The van der Waals surface area contributed by atoms with E-state index in [0.717, 1.165) is 22.0 Å². The molecule has 1 amide bonds. The third-order valence-corrected chi connectivity index (χ3v) is 5.99. The van der Waals surface area contributed by atoms with Gasteiger partial charge in [0.25, 0.3) is 0 Å². The number of rotatable bonds is 4. The van der Waals surface area contributed by atoms with Gasteiger partial charge in [0.2, 0.25) is 5.91 Å². The SMILES string of the molecule is Cc1nc(C)c([C@H](C)NC(=O)[C@@H]2[C@@H](C(=O)O)[C@H]3C=C[C@H]2C3)s1. The number of carboxylic acid groups (broad SMARTS) is 1. The molecule has 118 valence electrons. The Balaban J connectivity index is 1.75. The lowest BCUT2D eigenvalue weighted by molar-refractivity contribution is -0.148. The van der Waals surface area contributed by atoms with Crippen LogP contribution in [0.15, 0.2) is 12.2 Å². The van der Waals surface area contributed by atoms with E-state index >= 15 is 0 Å². The fourth-order valence-electron chi connectivity index (χ4n) is 3.84. The Morgan fingerprint density at radius 1 is 1.32 bits per heavy atom. The van der Waals surface area contributed by atoms with Crippen molar-refractivity contribution >= 4 is 23.2 Å². The van der Waals surface area contributed by atoms with E-state index in [1.54, 1.807) is 11.3 Å². The fourth-order valence-corrected chi connectivity index (χ4v) is 4.77. The minimum absolute atomic E-state index is 0.000871. The smallest absolute Gasteiger partial charge is 0.307 e. The van der Waals surface area contributed by atoms with Crippen LogP contribution in [0.2, 0.25) is 0 Å². The zero-order chi connectivity index (χ0) is 16.0. The van der Waals surface area contributed by atoms with Crippen LogP contribution in [0.5, 0.6) is 0 Å². The molecule has 5 atom stereocenters. The summed E-state index contributed by atoms with van der Waals surface area (Å²) in [5.41, 5.74) is 0.929. The molecule has 0 radical (unpaired) electrons. The van der Waals surface area contributed by atoms with Gasteiger partial charge in [-0.3, -0.25) is 9.59 Å². The van der Waals surface area contributed by atoms with Gasteiger partial charge in [0.05, 0.1) is 28.6 Å². The quantitative estimate of drug-likeness (QED) is 0.835. The van der Waals surface area contributed by atoms with Gasteiger partial charge >= 0.3 is 5.97 Å². The maximum Gasteiger partial charge on any atom is 0.307 e. The summed E-state index contributed by atoms with van der Waals surface area (Å²) in [7, 11) is 0. The number of carbonyl (C=O) groups excluding carboxylic acids is 1. The van der Waals surface area contributed by atoms with Crippen molar-refractivity contribution in [2.75, 3.05) is 0 Å². The van der Waals surface area contributed by atoms with Gasteiger partial charge in [-0.25, -0.2) is 4.98 Å². The van der Waals surface area contributed by atoms with Crippen LogP contribution in [0, 0.1) is 37.5 Å². The second-order valence-corrected chi connectivity index (χ2v) is 7.49.